The minimum Gasteiger partial charge on any atom is -0.383 e. The molecule has 2 unspecified atom stereocenters. The van der Waals surface area contributed by atoms with Gasteiger partial charge in [0.25, 0.3) is 0 Å². The largest absolute Gasteiger partial charge is 0.383 e. The Morgan fingerprint density at radius 3 is 3.00 bits per heavy atom. The van der Waals surface area contributed by atoms with Gasteiger partial charge in [-0.2, -0.15) is 0 Å². The first-order valence-electron chi connectivity index (χ1n) is 7.52. The van der Waals surface area contributed by atoms with E-state index in [2.05, 4.69) is 22.0 Å². The van der Waals surface area contributed by atoms with Crippen LogP contribution in [0.4, 0.5) is 0 Å². The smallest absolute Gasteiger partial charge is 0.0628 e. The van der Waals surface area contributed by atoms with Gasteiger partial charge in [-0.25, -0.2) is 0 Å². The molecule has 0 saturated carbocycles. The van der Waals surface area contributed by atoms with E-state index in [4.69, 9.17) is 4.74 Å². The molecule has 0 aromatic heterocycles. The van der Waals surface area contributed by atoms with Crippen LogP contribution in [-0.2, 0) is 4.74 Å². The van der Waals surface area contributed by atoms with E-state index in [0.29, 0.717) is 6.04 Å². The Balaban J connectivity index is 1.75. The first kappa shape index (κ1) is 14.3. The summed E-state index contributed by atoms with van der Waals surface area (Å²) in [4.78, 5) is 5.29. The van der Waals surface area contributed by atoms with E-state index in [1.807, 2.05) is 0 Å². The zero-order valence-corrected chi connectivity index (χ0v) is 12.0. The van der Waals surface area contributed by atoms with Gasteiger partial charge in [-0.1, -0.05) is 6.92 Å². The first-order valence-corrected chi connectivity index (χ1v) is 7.52. The number of nitrogens with one attached hydrogen (secondary N) is 1. The van der Waals surface area contributed by atoms with Crippen LogP contribution in [0.15, 0.2) is 0 Å². The third-order valence-electron chi connectivity index (χ3n) is 4.20. The van der Waals surface area contributed by atoms with E-state index in [9.17, 15) is 0 Å². The maximum absolute atomic E-state index is 5.33. The maximum atomic E-state index is 5.33. The van der Waals surface area contributed by atoms with Crippen molar-refractivity contribution in [2.75, 3.05) is 53.0 Å². The normalized spacial score (nSPS) is 27.3. The summed E-state index contributed by atoms with van der Waals surface area (Å²) in [5.41, 5.74) is 0. The van der Waals surface area contributed by atoms with E-state index >= 15 is 0 Å². The lowest BCUT2D eigenvalue weighted by molar-refractivity contribution is 0.0795. The molecule has 4 nitrogen and oxygen atoms in total. The molecule has 2 fully saturated rings. The highest BCUT2D eigenvalue weighted by Gasteiger charge is 2.31. The molecule has 2 atom stereocenters. The lowest BCUT2D eigenvalue weighted by Gasteiger charge is -2.39. The van der Waals surface area contributed by atoms with Gasteiger partial charge in [-0.3, -0.25) is 9.80 Å². The number of rotatable bonds is 7. The molecule has 0 aromatic rings. The van der Waals surface area contributed by atoms with Crippen molar-refractivity contribution >= 4 is 0 Å². The molecule has 1 N–H and O–H groups in total. The van der Waals surface area contributed by atoms with Gasteiger partial charge >= 0.3 is 0 Å². The predicted molar refractivity (Wildman–Crippen MR) is 75.0 cm³/mol. The Morgan fingerprint density at radius 2 is 2.22 bits per heavy atom. The second-order valence-electron chi connectivity index (χ2n) is 5.70. The molecule has 106 valence electrons. The Labute approximate surface area is 112 Å². The van der Waals surface area contributed by atoms with Gasteiger partial charge < -0.3 is 10.1 Å². The quantitative estimate of drug-likeness (QED) is 0.728. The summed E-state index contributed by atoms with van der Waals surface area (Å²) in [7, 11) is 1.80. The molecular formula is C14H29N3O. The minimum absolute atomic E-state index is 0.489. The lowest BCUT2D eigenvalue weighted by atomic mass is 10.1. The zero-order valence-electron chi connectivity index (χ0n) is 12.0. The van der Waals surface area contributed by atoms with E-state index in [1.165, 1.54) is 45.4 Å². The summed E-state index contributed by atoms with van der Waals surface area (Å²) in [6.45, 7) is 10.3. The van der Waals surface area contributed by atoms with E-state index in [0.717, 1.165) is 25.7 Å². The van der Waals surface area contributed by atoms with Crippen molar-refractivity contribution < 1.29 is 4.74 Å². The van der Waals surface area contributed by atoms with Crippen LogP contribution in [0.1, 0.15) is 26.2 Å². The molecule has 0 aliphatic carbocycles. The fourth-order valence-electron chi connectivity index (χ4n) is 3.26. The average Bonchev–Trinajstić information content (AvgIpc) is 2.83. The molecular weight excluding hydrogens is 226 g/mol. The van der Waals surface area contributed by atoms with Crippen LogP contribution in [0.2, 0.25) is 0 Å². The Bertz CT molecular complexity index is 237. The van der Waals surface area contributed by atoms with Gasteiger partial charge in [0.15, 0.2) is 0 Å². The predicted octanol–water partition coefficient (Wildman–Crippen LogP) is 0.781. The van der Waals surface area contributed by atoms with Crippen molar-refractivity contribution in [2.24, 2.45) is 0 Å². The molecule has 18 heavy (non-hydrogen) atoms. The summed E-state index contributed by atoms with van der Waals surface area (Å²) >= 11 is 0. The number of nitrogens with zero attached hydrogens (tertiary/aromatic N) is 2. The van der Waals surface area contributed by atoms with Crippen LogP contribution >= 0.6 is 0 Å². The summed E-state index contributed by atoms with van der Waals surface area (Å²) in [6, 6.07) is 1.32. The van der Waals surface area contributed by atoms with E-state index in [-0.39, 0.29) is 0 Å². The number of ether oxygens (including phenoxy) is 1. The molecule has 0 bridgehead atoms. The average molecular weight is 255 g/mol. The van der Waals surface area contributed by atoms with Gasteiger partial charge in [0.1, 0.15) is 0 Å². The molecule has 0 aromatic carbocycles. The Kier molecular flexibility index (Phi) is 5.89. The molecule has 2 saturated heterocycles. The third kappa shape index (κ3) is 3.92. The lowest BCUT2D eigenvalue weighted by Crippen LogP contribution is -2.54. The molecule has 2 aliphatic rings. The SMILES string of the molecule is CCCNC(COC)CN1CCN2CCCC2C1. The van der Waals surface area contributed by atoms with Crippen LogP contribution < -0.4 is 5.32 Å². The standard InChI is InChI=1S/C14H29N3O/c1-3-6-15-13(12-18-2)10-16-8-9-17-7-4-5-14(17)11-16/h13-15H,3-12H2,1-2H3. The van der Waals surface area contributed by atoms with Gasteiger partial charge in [0.05, 0.1) is 6.61 Å². The van der Waals surface area contributed by atoms with Crippen LogP contribution in [0, 0.1) is 0 Å². The van der Waals surface area contributed by atoms with Crippen LogP contribution in [0.25, 0.3) is 0 Å². The van der Waals surface area contributed by atoms with Crippen LogP contribution in [0.3, 0.4) is 0 Å². The number of fused-ring (bicyclic) bond motifs is 1. The zero-order chi connectivity index (χ0) is 12.8. The summed E-state index contributed by atoms with van der Waals surface area (Å²) in [6.07, 6.45) is 3.98. The molecule has 0 amide bonds. The second kappa shape index (κ2) is 7.43. The summed E-state index contributed by atoms with van der Waals surface area (Å²) in [5.74, 6) is 0. The fourth-order valence-corrected chi connectivity index (χ4v) is 3.26. The number of methoxy groups -OCH3 is 1. The highest BCUT2D eigenvalue weighted by molar-refractivity contribution is 4.88. The van der Waals surface area contributed by atoms with Crippen molar-refractivity contribution in [2.45, 2.75) is 38.3 Å². The van der Waals surface area contributed by atoms with Gasteiger partial charge in [-0.15, -0.1) is 0 Å². The highest BCUT2D eigenvalue weighted by Crippen LogP contribution is 2.21. The Morgan fingerprint density at radius 1 is 1.33 bits per heavy atom. The highest BCUT2D eigenvalue weighted by atomic mass is 16.5. The van der Waals surface area contributed by atoms with Crippen molar-refractivity contribution in [1.29, 1.82) is 0 Å². The number of hydrogen-bond acceptors (Lipinski definition) is 4. The van der Waals surface area contributed by atoms with Crippen molar-refractivity contribution in [3.05, 3.63) is 0 Å². The molecule has 2 rings (SSSR count). The van der Waals surface area contributed by atoms with Gasteiger partial charge in [-0.05, 0) is 32.4 Å². The monoisotopic (exact) mass is 255 g/mol. The van der Waals surface area contributed by atoms with Crippen molar-refractivity contribution in [3.63, 3.8) is 0 Å². The molecule has 4 heteroatoms. The van der Waals surface area contributed by atoms with Gasteiger partial charge in [0.2, 0.25) is 0 Å². The molecule has 0 spiro atoms. The Hall–Kier alpha value is -0.160. The second-order valence-corrected chi connectivity index (χ2v) is 5.70. The first-order chi connectivity index (χ1) is 8.83. The fraction of sp³-hybridized carbons (Fsp3) is 1.00. The topological polar surface area (TPSA) is 27.7 Å². The molecule has 2 aliphatic heterocycles. The number of hydrogen-bond donors (Lipinski definition) is 1. The summed E-state index contributed by atoms with van der Waals surface area (Å²) < 4.78 is 5.33. The molecule has 0 radical (unpaired) electrons. The molecule has 2 heterocycles. The maximum Gasteiger partial charge on any atom is 0.0628 e. The van der Waals surface area contributed by atoms with E-state index in [1.54, 1.807) is 7.11 Å². The van der Waals surface area contributed by atoms with Crippen LogP contribution in [-0.4, -0.2) is 74.9 Å². The third-order valence-corrected chi connectivity index (χ3v) is 4.20. The number of piperazine rings is 1. The van der Waals surface area contributed by atoms with Crippen LogP contribution in [0.5, 0.6) is 0 Å². The van der Waals surface area contributed by atoms with Gasteiger partial charge in [0, 0.05) is 45.4 Å². The minimum atomic E-state index is 0.489. The van der Waals surface area contributed by atoms with E-state index < -0.39 is 0 Å². The van der Waals surface area contributed by atoms with Crippen molar-refractivity contribution in [1.82, 2.24) is 15.1 Å². The van der Waals surface area contributed by atoms with Crippen molar-refractivity contribution in [3.8, 4) is 0 Å². The summed E-state index contributed by atoms with van der Waals surface area (Å²) in [5, 5.41) is 3.60.